The van der Waals surface area contributed by atoms with Crippen molar-refractivity contribution in [2.24, 2.45) is 0 Å². The molecule has 3 N–H and O–H groups in total. The first kappa shape index (κ1) is 25.2. The molecule has 192 valence electrons. The maximum atomic E-state index is 13.0. The maximum absolute atomic E-state index is 13.0. The van der Waals surface area contributed by atoms with Crippen LogP contribution in [0.4, 0.5) is 36.3 Å². The van der Waals surface area contributed by atoms with E-state index in [0.29, 0.717) is 11.5 Å². The molecule has 0 unspecified atom stereocenters. The number of nitrogens with one attached hydrogen (secondary N) is 2. The largest absolute Gasteiger partial charge is 0.507 e. The van der Waals surface area contributed by atoms with Crippen LogP contribution in [0.25, 0.3) is 10.9 Å². The lowest BCUT2D eigenvalue weighted by Gasteiger charge is -2.31. The number of nitrogens with zero attached hydrogens (tertiary/aromatic N) is 4. The zero-order valence-electron chi connectivity index (χ0n) is 19.9. The molecule has 0 aliphatic heterocycles. The van der Waals surface area contributed by atoms with Crippen molar-refractivity contribution in [3.05, 3.63) is 72.6 Å². The van der Waals surface area contributed by atoms with E-state index in [9.17, 15) is 18.3 Å². The van der Waals surface area contributed by atoms with Crippen molar-refractivity contribution in [3.63, 3.8) is 0 Å². The number of para-hydroxylation sites is 1. The number of aromatic nitrogens is 3. The highest BCUT2D eigenvalue weighted by atomic mass is 19.4. The minimum absolute atomic E-state index is 0. The first-order valence-electron chi connectivity index (χ1n) is 11.5. The lowest BCUT2D eigenvalue weighted by atomic mass is 9.92. The fraction of sp³-hybridized carbons (Fsp3) is 0.269. The Kier molecular flexibility index (Phi) is 7.54. The van der Waals surface area contributed by atoms with E-state index in [4.69, 9.17) is 0 Å². The average Bonchev–Trinajstić information content (AvgIpc) is 2.79. The second-order valence-corrected chi connectivity index (χ2v) is 8.71. The summed E-state index contributed by atoms with van der Waals surface area (Å²) in [5.74, 6) is -0.305. The van der Waals surface area contributed by atoms with Crippen molar-refractivity contribution in [2.45, 2.75) is 31.5 Å². The van der Waals surface area contributed by atoms with Gasteiger partial charge >= 0.3 is 6.18 Å². The fourth-order valence-electron chi connectivity index (χ4n) is 3.65. The monoisotopic (exact) mass is 500 g/mol. The van der Waals surface area contributed by atoms with Crippen molar-refractivity contribution in [1.29, 1.82) is 0 Å². The highest BCUT2D eigenvalue weighted by Crippen LogP contribution is 2.37. The summed E-state index contributed by atoms with van der Waals surface area (Å²) in [7, 11) is 4.31. The zero-order valence-corrected chi connectivity index (χ0v) is 19.9. The summed E-state index contributed by atoms with van der Waals surface area (Å²) in [6.45, 7) is 0. The van der Waals surface area contributed by atoms with Gasteiger partial charge in [-0.15, -0.1) is 0 Å². The van der Waals surface area contributed by atoms with Crippen LogP contribution >= 0.6 is 0 Å². The molecule has 0 atom stereocenters. The topological polar surface area (TPSA) is 86.2 Å². The Morgan fingerprint density at radius 3 is 2.42 bits per heavy atom. The van der Waals surface area contributed by atoms with E-state index in [2.05, 4.69) is 44.6 Å². The molecule has 1 saturated carbocycles. The number of benzene rings is 2. The van der Waals surface area contributed by atoms with Crippen LogP contribution in [0.2, 0.25) is 0 Å². The molecule has 10 heteroatoms. The highest BCUT2D eigenvalue weighted by Gasteiger charge is 2.34. The predicted octanol–water partition coefficient (Wildman–Crippen LogP) is 6.83. The molecular weight excluding hydrogens is 469 g/mol. The van der Waals surface area contributed by atoms with Gasteiger partial charge in [0, 0.05) is 26.2 Å². The molecule has 0 amide bonds. The molecule has 0 spiro atoms. The van der Waals surface area contributed by atoms with Gasteiger partial charge in [0.15, 0.2) is 0 Å². The number of phenols is 1. The number of rotatable bonds is 5. The molecule has 2 heterocycles. The first-order chi connectivity index (χ1) is 17.2. The van der Waals surface area contributed by atoms with Crippen LogP contribution in [0, 0.1) is 0 Å². The molecular formula is C26H31F3N6O. The van der Waals surface area contributed by atoms with Crippen molar-refractivity contribution >= 4 is 34.0 Å². The van der Waals surface area contributed by atoms with Gasteiger partial charge in [0.1, 0.15) is 11.6 Å². The second kappa shape index (κ2) is 10.8. The van der Waals surface area contributed by atoms with Gasteiger partial charge in [-0.1, -0.05) is 24.6 Å². The number of alkyl halides is 3. The van der Waals surface area contributed by atoms with E-state index < -0.39 is 17.5 Å². The molecule has 0 radical (unpaired) electrons. The number of pyridine rings is 1. The molecule has 7 nitrogen and oxygen atoms in total. The molecule has 2 aromatic heterocycles. The number of aromatic hydroxyl groups is 1. The van der Waals surface area contributed by atoms with Crippen LogP contribution in [0.15, 0.2) is 67.0 Å². The molecule has 1 aliphatic carbocycles. The summed E-state index contributed by atoms with van der Waals surface area (Å²) in [6.07, 6.45) is 2.75. The fourth-order valence-corrected chi connectivity index (χ4v) is 3.65. The Hall–Kier alpha value is -3.92. The Labute approximate surface area is 210 Å². The summed E-state index contributed by atoms with van der Waals surface area (Å²) < 4.78 is 38.9. The normalized spacial score (nSPS) is 13.6. The third-order valence-corrected chi connectivity index (χ3v) is 5.88. The average molecular weight is 501 g/mol. The third-order valence-electron chi connectivity index (χ3n) is 5.88. The lowest BCUT2D eigenvalue weighted by molar-refractivity contribution is -0.138. The van der Waals surface area contributed by atoms with Crippen molar-refractivity contribution in [3.8, 4) is 5.75 Å². The van der Waals surface area contributed by atoms with E-state index in [1.165, 1.54) is 31.5 Å². The van der Waals surface area contributed by atoms with Gasteiger partial charge < -0.3 is 20.6 Å². The molecule has 1 aliphatic rings. The van der Waals surface area contributed by atoms with Gasteiger partial charge in [0.2, 0.25) is 5.95 Å². The van der Waals surface area contributed by atoms with E-state index in [-0.39, 0.29) is 14.5 Å². The van der Waals surface area contributed by atoms with Crippen LogP contribution in [-0.2, 0) is 6.18 Å². The summed E-state index contributed by atoms with van der Waals surface area (Å²) >= 11 is 0. The van der Waals surface area contributed by atoms with E-state index >= 15 is 0 Å². The molecule has 2 aromatic carbocycles. The smallest absolute Gasteiger partial charge is 0.420 e. The minimum Gasteiger partial charge on any atom is -0.507 e. The van der Waals surface area contributed by atoms with Crippen molar-refractivity contribution in [1.82, 2.24) is 19.9 Å². The molecule has 0 bridgehead atoms. The molecule has 4 aromatic rings. The maximum Gasteiger partial charge on any atom is 0.420 e. The Balaban J connectivity index is 0.000000492. The first-order valence-corrected chi connectivity index (χ1v) is 11.5. The molecule has 0 saturated heterocycles. The predicted molar refractivity (Wildman–Crippen MR) is 139 cm³/mol. The van der Waals surface area contributed by atoms with Crippen LogP contribution in [0.5, 0.6) is 5.75 Å². The van der Waals surface area contributed by atoms with Crippen LogP contribution in [0.1, 0.15) is 27.7 Å². The van der Waals surface area contributed by atoms with Crippen molar-refractivity contribution in [2.75, 3.05) is 24.7 Å². The van der Waals surface area contributed by atoms with Crippen LogP contribution in [-0.4, -0.2) is 45.1 Å². The van der Waals surface area contributed by atoms with E-state index in [1.54, 1.807) is 12.3 Å². The van der Waals surface area contributed by atoms with Gasteiger partial charge in [0.25, 0.3) is 0 Å². The molecule has 1 fully saturated rings. The third kappa shape index (κ3) is 6.39. The Morgan fingerprint density at radius 1 is 0.972 bits per heavy atom. The summed E-state index contributed by atoms with van der Waals surface area (Å²) in [5, 5.41) is 16.2. The Morgan fingerprint density at radius 2 is 1.75 bits per heavy atom. The van der Waals surface area contributed by atoms with Gasteiger partial charge in [-0.25, -0.2) is 4.98 Å². The number of anilines is 4. The lowest BCUT2D eigenvalue weighted by Crippen LogP contribution is -2.33. The number of hydrogen-bond acceptors (Lipinski definition) is 7. The summed E-state index contributed by atoms with van der Waals surface area (Å²) in [5.41, 5.74) is 0.520. The minimum atomic E-state index is -4.67. The van der Waals surface area contributed by atoms with E-state index in [0.717, 1.165) is 29.1 Å². The van der Waals surface area contributed by atoms with Crippen LogP contribution in [0.3, 0.4) is 0 Å². The Bertz CT molecular complexity index is 1340. The quantitative estimate of drug-likeness (QED) is 0.259. The van der Waals surface area contributed by atoms with Gasteiger partial charge in [-0.05, 0) is 63.3 Å². The number of hydrogen-bond donors (Lipinski definition) is 3. The second-order valence-electron chi connectivity index (χ2n) is 8.71. The van der Waals surface area contributed by atoms with Crippen LogP contribution < -0.4 is 10.6 Å². The van der Waals surface area contributed by atoms with E-state index in [1.807, 2.05) is 30.3 Å². The van der Waals surface area contributed by atoms with Gasteiger partial charge in [-0.3, -0.25) is 4.98 Å². The van der Waals surface area contributed by atoms with Gasteiger partial charge in [0.05, 0.1) is 23.0 Å². The number of phenolic OH excluding ortho intramolecular Hbond substituents is 1. The molecule has 5 rings (SSSR count). The summed E-state index contributed by atoms with van der Waals surface area (Å²) in [6, 6.07) is 15.2. The number of halogens is 3. The standard InChI is InChI=1S/C20H14F3N5O.C6H13N.2H2/c21-20(22,23)15-10-13(5-6-17(15)29)27-19-24-8-7-18(28-19)26-14-9-12-3-1-2-4-16(12)25-11-14;1-7(2)6-4-3-5-6;;/h1-11,29H,(H2,24,26,27,28);6H,3-5H2,1-2H3;2*1H. The SMILES string of the molecule is CN(C)C1CCC1.Oc1ccc(Nc2nccc(Nc3cnc4ccccc4c3)n2)cc1C(F)(F)F.[HH].[HH]. The summed E-state index contributed by atoms with van der Waals surface area (Å²) in [4.78, 5) is 14.9. The number of fused-ring (bicyclic) bond motifs is 1. The zero-order chi connectivity index (χ0) is 25.7. The van der Waals surface area contributed by atoms with Gasteiger partial charge in [-0.2, -0.15) is 18.2 Å². The molecule has 36 heavy (non-hydrogen) atoms. The highest BCUT2D eigenvalue weighted by molar-refractivity contribution is 5.82. The van der Waals surface area contributed by atoms with Crippen molar-refractivity contribution < 1.29 is 21.1 Å².